The van der Waals surface area contributed by atoms with Gasteiger partial charge in [-0.25, -0.2) is 0 Å². The molecule has 0 aliphatic heterocycles. The highest BCUT2D eigenvalue weighted by atomic mass is 35.5. The maximum absolute atomic E-state index is 11.3. The summed E-state index contributed by atoms with van der Waals surface area (Å²) < 4.78 is 0. The van der Waals surface area contributed by atoms with Crippen molar-refractivity contribution in [3.63, 3.8) is 0 Å². The first-order valence-corrected chi connectivity index (χ1v) is 7.52. The molecule has 1 aromatic rings. The molecule has 0 spiro atoms. The molecule has 110 valence electrons. The third kappa shape index (κ3) is 3.33. The quantitative estimate of drug-likeness (QED) is 0.928. The zero-order valence-electron chi connectivity index (χ0n) is 12.2. The van der Waals surface area contributed by atoms with Crippen LogP contribution in [-0.4, -0.2) is 30.4 Å². The number of hydrogen-bond donors (Lipinski definition) is 1. The Hall–Kier alpha value is -1.06. The number of likely N-dealkylation sites (N-methyl/N-ethyl adjacent to an activating group) is 1. The van der Waals surface area contributed by atoms with Crippen LogP contribution in [0.3, 0.4) is 0 Å². The van der Waals surface area contributed by atoms with E-state index in [-0.39, 0.29) is 17.4 Å². The number of nitrogens with zero attached hydrogens (tertiary/aromatic N) is 1. The zero-order chi connectivity index (χ0) is 14.8. The number of carbonyl (C=O) groups is 1. The normalized spacial score (nSPS) is 26.7. The summed E-state index contributed by atoms with van der Waals surface area (Å²) in [6.45, 7) is 0. The molecule has 1 amide bonds. The monoisotopic (exact) mass is 294 g/mol. The number of rotatable bonds is 4. The van der Waals surface area contributed by atoms with Gasteiger partial charge in [0.2, 0.25) is 5.91 Å². The molecule has 1 aliphatic carbocycles. The number of amides is 1. The number of benzene rings is 1. The van der Waals surface area contributed by atoms with Gasteiger partial charge in [0.25, 0.3) is 0 Å². The van der Waals surface area contributed by atoms with Crippen molar-refractivity contribution in [1.29, 1.82) is 0 Å². The topological polar surface area (TPSA) is 46.3 Å². The first-order valence-electron chi connectivity index (χ1n) is 7.14. The highest BCUT2D eigenvalue weighted by Crippen LogP contribution is 2.38. The molecule has 0 saturated heterocycles. The van der Waals surface area contributed by atoms with Gasteiger partial charge < -0.3 is 10.6 Å². The number of nitrogens with two attached hydrogens (primary N) is 1. The average Bonchev–Trinajstić information content (AvgIpc) is 2.39. The Balaban J connectivity index is 2.14. The molecule has 0 atom stereocenters. The van der Waals surface area contributed by atoms with Crippen molar-refractivity contribution < 1.29 is 4.79 Å². The summed E-state index contributed by atoms with van der Waals surface area (Å²) in [6, 6.07) is 8.05. The minimum absolute atomic E-state index is 0.0439. The fourth-order valence-corrected chi connectivity index (χ4v) is 3.46. The molecule has 1 saturated carbocycles. The smallest absolute Gasteiger partial charge is 0.220 e. The Labute approximate surface area is 126 Å². The van der Waals surface area contributed by atoms with Gasteiger partial charge in [0.15, 0.2) is 0 Å². The van der Waals surface area contributed by atoms with E-state index >= 15 is 0 Å². The minimum Gasteiger partial charge on any atom is -0.369 e. The van der Waals surface area contributed by atoms with Crippen molar-refractivity contribution in [3.05, 3.63) is 34.9 Å². The van der Waals surface area contributed by atoms with Gasteiger partial charge in [-0.1, -0.05) is 23.7 Å². The molecule has 0 bridgehead atoms. The van der Waals surface area contributed by atoms with Crippen LogP contribution in [0.15, 0.2) is 24.3 Å². The van der Waals surface area contributed by atoms with Crippen molar-refractivity contribution in [2.24, 2.45) is 11.7 Å². The lowest BCUT2D eigenvalue weighted by molar-refractivity contribution is -0.123. The van der Waals surface area contributed by atoms with Crippen molar-refractivity contribution in [2.75, 3.05) is 14.1 Å². The standard InChI is InChI=1S/C16H23ClN2O/c1-19(2)16(8-6-13(7-9-16)15(18)20)11-12-4-3-5-14(17)10-12/h3-5,10,13H,6-9,11H2,1-2H3,(H2,18,20). The molecule has 1 aliphatic rings. The Morgan fingerprint density at radius 2 is 2.05 bits per heavy atom. The maximum Gasteiger partial charge on any atom is 0.220 e. The third-order valence-electron chi connectivity index (χ3n) is 4.69. The fraction of sp³-hybridized carbons (Fsp3) is 0.562. The Bertz CT molecular complexity index is 479. The van der Waals surface area contributed by atoms with Crippen LogP contribution in [0.2, 0.25) is 5.02 Å². The van der Waals surface area contributed by atoms with Gasteiger partial charge in [0.05, 0.1) is 0 Å². The van der Waals surface area contributed by atoms with Crippen molar-refractivity contribution in [3.8, 4) is 0 Å². The SMILES string of the molecule is CN(C)C1(Cc2cccc(Cl)c2)CCC(C(N)=O)CC1. The summed E-state index contributed by atoms with van der Waals surface area (Å²) >= 11 is 6.08. The van der Waals surface area contributed by atoms with E-state index < -0.39 is 0 Å². The molecule has 4 heteroatoms. The van der Waals surface area contributed by atoms with Gasteiger partial charge in [0, 0.05) is 16.5 Å². The van der Waals surface area contributed by atoms with E-state index in [1.54, 1.807) is 0 Å². The predicted molar refractivity (Wildman–Crippen MR) is 82.7 cm³/mol. The molecule has 1 aromatic carbocycles. The van der Waals surface area contributed by atoms with Gasteiger partial charge >= 0.3 is 0 Å². The van der Waals surface area contributed by atoms with Crippen molar-refractivity contribution in [2.45, 2.75) is 37.6 Å². The van der Waals surface area contributed by atoms with Crippen LogP contribution in [0, 0.1) is 5.92 Å². The Morgan fingerprint density at radius 1 is 1.40 bits per heavy atom. The molecule has 0 heterocycles. The summed E-state index contributed by atoms with van der Waals surface area (Å²) in [5.74, 6) is -0.109. The van der Waals surface area contributed by atoms with E-state index in [1.165, 1.54) is 5.56 Å². The molecule has 3 nitrogen and oxygen atoms in total. The summed E-state index contributed by atoms with van der Waals surface area (Å²) in [5.41, 5.74) is 6.80. The van der Waals surface area contributed by atoms with Crippen LogP contribution in [0.1, 0.15) is 31.2 Å². The van der Waals surface area contributed by atoms with Crippen LogP contribution in [0.25, 0.3) is 0 Å². The first-order chi connectivity index (χ1) is 9.43. The molecule has 0 unspecified atom stereocenters. The lowest BCUT2D eigenvalue weighted by Gasteiger charge is -2.45. The van der Waals surface area contributed by atoms with E-state index in [1.807, 2.05) is 18.2 Å². The number of hydrogen-bond acceptors (Lipinski definition) is 2. The van der Waals surface area contributed by atoms with Crippen molar-refractivity contribution in [1.82, 2.24) is 4.90 Å². The molecular formula is C16H23ClN2O. The highest BCUT2D eigenvalue weighted by Gasteiger charge is 2.38. The summed E-state index contributed by atoms with van der Waals surface area (Å²) in [6.07, 6.45) is 4.73. The third-order valence-corrected chi connectivity index (χ3v) is 4.92. The largest absolute Gasteiger partial charge is 0.369 e. The summed E-state index contributed by atoms with van der Waals surface area (Å²) in [7, 11) is 4.24. The molecule has 0 aromatic heterocycles. The minimum atomic E-state index is -0.153. The molecule has 20 heavy (non-hydrogen) atoms. The maximum atomic E-state index is 11.3. The number of primary amides is 1. The predicted octanol–water partition coefficient (Wildman–Crippen LogP) is 2.86. The van der Waals surface area contributed by atoms with Gasteiger partial charge in [-0.2, -0.15) is 0 Å². The number of carbonyl (C=O) groups excluding carboxylic acids is 1. The van der Waals surface area contributed by atoms with E-state index in [9.17, 15) is 4.79 Å². The van der Waals surface area contributed by atoms with E-state index in [0.29, 0.717) is 0 Å². The molecule has 0 radical (unpaired) electrons. The van der Waals surface area contributed by atoms with Gasteiger partial charge in [-0.3, -0.25) is 4.79 Å². The first kappa shape index (κ1) is 15.3. The van der Waals surface area contributed by atoms with Gasteiger partial charge in [-0.15, -0.1) is 0 Å². The van der Waals surface area contributed by atoms with E-state index in [2.05, 4.69) is 25.1 Å². The molecule has 1 fully saturated rings. The second-order valence-corrected chi connectivity index (χ2v) is 6.54. The van der Waals surface area contributed by atoms with Crippen LogP contribution in [0.5, 0.6) is 0 Å². The fourth-order valence-electron chi connectivity index (χ4n) is 3.25. The van der Waals surface area contributed by atoms with Gasteiger partial charge in [0.1, 0.15) is 0 Å². The second kappa shape index (κ2) is 6.15. The Morgan fingerprint density at radius 3 is 2.55 bits per heavy atom. The lowest BCUT2D eigenvalue weighted by atomic mass is 9.72. The lowest BCUT2D eigenvalue weighted by Crippen LogP contribution is -2.49. The number of halogens is 1. The average molecular weight is 295 g/mol. The summed E-state index contributed by atoms with van der Waals surface area (Å²) in [4.78, 5) is 13.6. The molecule has 2 rings (SSSR count). The van der Waals surface area contributed by atoms with Crippen molar-refractivity contribution >= 4 is 17.5 Å². The van der Waals surface area contributed by atoms with Gasteiger partial charge in [-0.05, 0) is 63.9 Å². The Kier molecular flexibility index (Phi) is 4.71. The second-order valence-electron chi connectivity index (χ2n) is 6.10. The van der Waals surface area contributed by atoms with E-state index in [4.69, 9.17) is 17.3 Å². The molecule has 2 N–H and O–H groups in total. The molecular weight excluding hydrogens is 272 g/mol. The van der Waals surface area contributed by atoms with Crippen LogP contribution in [-0.2, 0) is 11.2 Å². The van der Waals surface area contributed by atoms with Crippen LogP contribution in [0.4, 0.5) is 0 Å². The van der Waals surface area contributed by atoms with Crippen LogP contribution >= 0.6 is 11.6 Å². The highest BCUT2D eigenvalue weighted by molar-refractivity contribution is 6.30. The van der Waals surface area contributed by atoms with E-state index in [0.717, 1.165) is 37.1 Å². The summed E-state index contributed by atoms with van der Waals surface area (Å²) in [5, 5.41) is 0.780. The zero-order valence-corrected chi connectivity index (χ0v) is 13.0. The van der Waals surface area contributed by atoms with Crippen LogP contribution < -0.4 is 5.73 Å².